The third kappa shape index (κ3) is 1.35. The fraction of sp³-hybridized carbons (Fsp3) is 0.917. The number of hydrogen-bond donors (Lipinski definition) is 0. The Morgan fingerprint density at radius 1 is 1.07 bits per heavy atom. The van der Waals surface area contributed by atoms with Crippen LogP contribution in [0.3, 0.4) is 0 Å². The van der Waals surface area contributed by atoms with E-state index in [1.807, 2.05) is 18.7 Å². The van der Waals surface area contributed by atoms with Crippen LogP contribution in [0.5, 0.6) is 0 Å². The summed E-state index contributed by atoms with van der Waals surface area (Å²) in [7, 11) is 0. The third-order valence-corrected chi connectivity index (χ3v) is 4.34. The van der Waals surface area contributed by atoms with Crippen molar-refractivity contribution < 1.29 is 4.79 Å². The van der Waals surface area contributed by atoms with Crippen molar-refractivity contribution in [1.82, 2.24) is 4.90 Å². The number of carbonyl (C=O) groups is 1. The Labute approximate surface area is 87.7 Å². The molecule has 2 heteroatoms. The highest BCUT2D eigenvalue weighted by Gasteiger charge is 2.68. The summed E-state index contributed by atoms with van der Waals surface area (Å²) in [5, 5.41) is 0. The Bertz CT molecular complexity index is 225. The van der Waals surface area contributed by atoms with E-state index in [0.29, 0.717) is 5.91 Å². The van der Waals surface area contributed by atoms with Crippen molar-refractivity contribution in [2.45, 2.75) is 41.5 Å². The monoisotopic (exact) mass is 197 g/mol. The summed E-state index contributed by atoms with van der Waals surface area (Å²) in [6.07, 6.45) is 0. The molecule has 0 N–H and O–H groups in total. The summed E-state index contributed by atoms with van der Waals surface area (Å²) in [5.41, 5.74) is 0.347. The molecule has 1 saturated carbocycles. The molecule has 0 aromatic rings. The van der Waals surface area contributed by atoms with Crippen LogP contribution in [-0.2, 0) is 4.79 Å². The number of nitrogens with zero attached hydrogens (tertiary/aromatic N) is 1. The summed E-state index contributed by atoms with van der Waals surface area (Å²) in [4.78, 5) is 14.1. The molecule has 0 saturated heterocycles. The Morgan fingerprint density at radius 3 is 1.64 bits per heavy atom. The highest BCUT2D eigenvalue weighted by Crippen LogP contribution is 2.68. The van der Waals surface area contributed by atoms with Gasteiger partial charge in [0.25, 0.3) is 0 Å². The predicted octanol–water partition coefficient (Wildman–Crippen LogP) is 2.54. The van der Waals surface area contributed by atoms with Crippen LogP contribution in [0.4, 0.5) is 0 Å². The van der Waals surface area contributed by atoms with Crippen LogP contribution in [0, 0.1) is 16.7 Å². The van der Waals surface area contributed by atoms with E-state index in [9.17, 15) is 4.79 Å². The first-order chi connectivity index (χ1) is 6.30. The molecule has 0 heterocycles. The van der Waals surface area contributed by atoms with Gasteiger partial charge >= 0.3 is 0 Å². The minimum absolute atomic E-state index is 0.173. The SMILES string of the molecule is CCN(CC)C(=O)C1C(C)(C)C1(C)C. The minimum atomic E-state index is 0.173. The molecule has 0 aromatic carbocycles. The van der Waals surface area contributed by atoms with Crippen LogP contribution in [0.25, 0.3) is 0 Å². The molecule has 0 spiro atoms. The topological polar surface area (TPSA) is 20.3 Å². The van der Waals surface area contributed by atoms with Crippen molar-refractivity contribution in [3.05, 3.63) is 0 Å². The van der Waals surface area contributed by atoms with Gasteiger partial charge in [-0.1, -0.05) is 27.7 Å². The summed E-state index contributed by atoms with van der Waals surface area (Å²) < 4.78 is 0. The average Bonchev–Trinajstić information content (AvgIpc) is 2.44. The van der Waals surface area contributed by atoms with Gasteiger partial charge in [-0.15, -0.1) is 0 Å². The van der Waals surface area contributed by atoms with Crippen LogP contribution < -0.4 is 0 Å². The molecule has 0 unspecified atom stereocenters. The lowest BCUT2D eigenvalue weighted by atomic mass is 10.0. The molecule has 2 nitrogen and oxygen atoms in total. The maximum atomic E-state index is 12.1. The average molecular weight is 197 g/mol. The van der Waals surface area contributed by atoms with Crippen molar-refractivity contribution in [3.8, 4) is 0 Å². The quantitative estimate of drug-likeness (QED) is 0.681. The van der Waals surface area contributed by atoms with E-state index >= 15 is 0 Å². The molecular weight excluding hydrogens is 174 g/mol. The first-order valence-electron chi connectivity index (χ1n) is 5.59. The second-order valence-corrected chi connectivity index (χ2v) is 5.39. The van der Waals surface area contributed by atoms with Crippen molar-refractivity contribution in [2.75, 3.05) is 13.1 Å². The number of amides is 1. The number of carbonyl (C=O) groups excluding carboxylic acids is 1. The van der Waals surface area contributed by atoms with Crippen LogP contribution in [0.1, 0.15) is 41.5 Å². The van der Waals surface area contributed by atoms with Gasteiger partial charge in [-0.2, -0.15) is 0 Å². The third-order valence-electron chi connectivity index (χ3n) is 4.34. The summed E-state index contributed by atoms with van der Waals surface area (Å²) in [6, 6.07) is 0. The molecule has 1 amide bonds. The smallest absolute Gasteiger partial charge is 0.226 e. The Morgan fingerprint density at radius 2 is 1.43 bits per heavy atom. The van der Waals surface area contributed by atoms with Crippen LogP contribution >= 0.6 is 0 Å². The van der Waals surface area contributed by atoms with Gasteiger partial charge in [0.15, 0.2) is 0 Å². The van der Waals surface area contributed by atoms with Gasteiger partial charge in [-0.3, -0.25) is 4.79 Å². The Kier molecular flexibility index (Phi) is 2.68. The second kappa shape index (κ2) is 3.25. The Balaban J connectivity index is 2.75. The highest BCUT2D eigenvalue weighted by atomic mass is 16.2. The van der Waals surface area contributed by atoms with Gasteiger partial charge in [0, 0.05) is 19.0 Å². The van der Waals surface area contributed by atoms with Crippen molar-refractivity contribution in [2.24, 2.45) is 16.7 Å². The molecule has 0 aliphatic heterocycles. The van der Waals surface area contributed by atoms with Crippen molar-refractivity contribution >= 4 is 5.91 Å². The van der Waals surface area contributed by atoms with E-state index in [1.54, 1.807) is 0 Å². The molecule has 0 radical (unpaired) electrons. The molecule has 1 rings (SSSR count). The fourth-order valence-corrected chi connectivity index (χ4v) is 2.53. The molecule has 14 heavy (non-hydrogen) atoms. The molecule has 0 atom stereocenters. The Hall–Kier alpha value is -0.530. The van der Waals surface area contributed by atoms with E-state index in [0.717, 1.165) is 13.1 Å². The minimum Gasteiger partial charge on any atom is -0.343 e. The number of rotatable bonds is 3. The molecule has 82 valence electrons. The maximum Gasteiger partial charge on any atom is 0.226 e. The van der Waals surface area contributed by atoms with Crippen molar-refractivity contribution in [3.63, 3.8) is 0 Å². The molecule has 1 aliphatic carbocycles. The molecule has 1 fully saturated rings. The van der Waals surface area contributed by atoms with Gasteiger partial charge in [0.1, 0.15) is 0 Å². The lowest BCUT2D eigenvalue weighted by Crippen LogP contribution is -2.33. The molecule has 1 aliphatic rings. The van der Waals surface area contributed by atoms with E-state index in [4.69, 9.17) is 0 Å². The maximum absolute atomic E-state index is 12.1. The summed E-state index contributed by atoms with van der Waals surface area (Å²) in [5.74, 6) is 0.555. The largest absolute Gasteiger partial charge is 0.343 e. The number of hydrogen-bond acceptors (Lipinski definition) is 1. The van der Waals surface area contributed by atoms with E-state index in [2.05, 4.69) is 27.7 Å². The van der Waals surface area contributed by atoms with E-state index in [-0.39, 0.29) is 16.7 Å². The zero-order valence-electron chi connectivity index (χ0n) is 10.3. The zero-order valence-corrected chi connectivity index (χ0v) is 10.3. The normalized spacial score (nSPS) is 23.3. The highest BCUT2D eigenvalue weighted by molar-refractivity contribution is 5.84. The van der Waals surface area contributed by atoms with Gasteiger partial charge in [-0.25, -0.2) is 0 Å². The van der Waals surface area contributed by atoms with Gasteiger partial charge in [-0.05, 0) is 24.7 Å². The van der Waals surface area contributed by atoms with Gasteiger partial charge < -0.3 is 4.90 Å². The van der Waals surface area contributed by atoms with E-state index < -0.39 is 0 Å². The van der Waals surface area contributed by atoms with Crippen LogP contribution in [0.2, 0.25) is 0 Å². The lowest BCUT2D eigenvalue weighted by Gasteiger charge is -2.19. The first-order valence-corrected chi connectivity index (χ1v) is 5.59. The summed E-state index contributed by atoms with van der Waals surface area (Å²) in [6.45, 7) is 14.5. The standard InChI is InChI=1S/C12H23NO/c1-7-13(8-2)10(14)9-11(3,4)12(9,5)6/h9H,7-8H2,1-6H3. The first kappa shape index (κ1) is 11.5. The van der Waals surface area contributed by atoms with Crippen molar-refractivity contribution in [1.29, 1.82) is 0 Å². The molecular formula is C12H23NO. The van der Waals surface area contributed by atoms with E-state index in [1.165, 1.54) is 0 Å². The summed E-state index contributed by atoms with van der Waals surface area (Å²) >= 11 is 0. The predicted molar refractivity (Wildman–Crippen MR) is 59.0 cm³/mol. The lowest BCUT2D eigenvalue weighted by molar-refractivity contribution is -0.133. The van der Waals surface area contributed by atoms with Gasteiger partial charge in [0.2, 0.25) is 5.91 Å². The molecule has 0 aromatic heterocycles. The van der Waals surface area contributed by atoms with Crippen LogP contribution in [-0.4, -0.2) is 23.9 Å². The fourth-order valence-electron chi connectivity index (χ4n) is 2.53. The molecule has 0 bridgehead atoms. The van der Waals surface area contributed by atoms with Gasteiger partial charge in [0.05, 0.1) is 0 Å². The zero-order chi connectivity index (χ0) is 11.1. The second-order valence-electron chi connectivity index (χ2n) is 5.39. The van der Waals surface area contributed by atoms with Crippen LogP contribution in [0.15, 0.2) is 0 Å².